The molecular formula is C32H41FN4O6. The molecule has 0 aromatic heterocycles. The van der Waals surface area contributed by atoms with Crippen LogP contribution in [0.5, 0.6) is 0 Å². The Labute approximate surface area is 251 Å². The number of carboxylic acid groups (broad SMARTS) is 1. The minimum absolute atomic E-state index is 0.0106. The van der Waals surface area contributed by atoms with E-state index in [1.807, 2.05) is 24.8 Å². The van der Waals surface area contributed by atoms with Gasteiger partial charge in [-0.05, 0) is 60.1 Å². The van der Waals surface area contributed by atoms with Crippen LogP contribution in [0, 0.1) is 27.8 Å². The van der Waals surface area contributed by atoms with Gasteiger partial charge in [-0.15, -0.1) is 6.58 Å². The van der Waals surface area contributed by atoms with E-state index in [9.17, 15) is 29.2 Å². The van der Waals surface area contributed by atoms with E-state index in [0.717, 1.165) is 38.0 Å². The van der Waals surface area contributed by atoms with Crippen LogP contribution >= 0.6 is 0 Å². The molecule has 10 nitrogen and oxygen atoms in total. The number of hydrogen-bond acceptors (Lipinski definition) is 7. The predicted molar refractivity (Wildman–Crippen MR) is 160 cm³/mol. The monoisotopic (exact) mass is 596 g/mol. The number of halogens is 1. The van der Waals surface area contributed by atoms with Crippen molar-refractivity contribution in [1.29, 1.82) is 0 Å². The van der Waals surface area contributed by atoms with Crippen molar-refractivity contribution in [3.8, 4) is 0 Å². The number of likely N-dealkylation sites (tertiary alicyclic amines) is 2. The number of rotatable bonds is 12. The molecule has 0 spiro atoms. The number of nitrogens with zero attached hydrogens (tertiary/aromatic N) is 4. The number of piperidine rings is 1. The molecule has 2 aromatic rings. The van der Waals surface area contributed by atoms with Crippen molar-refractivity contribution < 1.29 is 28.7 Å². The number of hydrogen-bond donors (Lipinski definition) is 1. The molecule has 232 valence electrons. The Hall–Kier alpha value is -3.83. The summed E-state index contributed by atoms with van der Waals surface area (Å²) < 4.78 is 19.7. The molecule has 0 saturated carbocycles. The summed E-state index contributed by atoms with van der Waals surface area (Å²) in [6, 6.07) is 11.9. The fraction of sp³-hybridized carbons (Fsp3) is 0.500. The second-order valence-corrected chi connectivity index (χ2v) is 11.9. The predicted octanol–water partition coefficient (Wildman–Crippen LogP) is 5.15. The molecule has 2 aromatic carbocycles. The molecule has 2 heterocycles. The number of carboxylic acids is 1. The fourth-order valence-corrected chi connectivity index (χ4v) is 6.49. The van der Waals surface area contributed by atoms with E-state index in [1.54, 1.807) is 35.2 Å². The largest absolute Gasteiger partial charge is 0.480 e. The number of ether oxygens (including phenoxy) is 1. The van der Waals surface area contributed by atoms with Crippen molar-refractivity contribution in [2.75, 3.05) is 39.3 Å². The van der Waals surface area contributed by atoms with Gasteiger partial charge in [0, 0.05) is 63.4 Å². The highest BCUT2D eigenvalue weighted by molar-refractivity contribution is 5.74. The van der Waals surface area contributed by atoms with Crippen molar-refractivity contribution in [3.63, 3.8) is 0 Å². The van der Waals surface area contributed by atoms with Gasteiger partial charge in [-0.1, -0.05) is 32.1 Å². The van der Waals surface area contributed by atoms with E-state index in [1.165, 1.54) is 18.2 Å². The van der Waals surface area contributed by atoms with Gasteiger partial charge in [0.25, 0.3) is 5.69 Å². The third-order valence-corrected chi connectivity index (χ3v) is 8.58. The summed E-state index contributed by atoms with van der Waals surface area (Å²) in [5.74, 6) is -1.04. The second kappa shape index (κ2) is 14.6. The number of non-ortho nitro benzene ring substituents is 1. The summed E-state index contributed by atoms with van der Waals surface area (Å²) >= 11 is 0. The number of benzene rings is 2. The first-order valence-electron chi connectivity index (χ1n) is 14.8. The Kier molecular flexibility index (Phi) is 10.9. The first-order chi connectivity index (χ1) is 20.6. The zero-order valence-corrected chi connectivity index (χ0v) is 24.8. The minimum atomic E-state index is -0.836. The zero-order valence-electron chi connectivity index (χ0n) is 24.8. The van der Waals surface area contributed by atoms with Gasteiger partial charge in [-0.3, -0.25) is 19.8 Å². The van der Waals surface area contributed by atoms with E-state index in [-0.39, 0.29) is 41.9 Å². The lowest BCUT2D eigenvalue weighted by atomic mass is 9.88. The lowest BCUT2D eigenvalue weighted by Gasteiger charge is -2.39. The zero-order chi connectivity index (χ0) is 31.1. The molecule has 0 bridgehead atoms. The minimum Gasteiger partial charge on any atom is -0.480 e. The Bertz CT molecular complexity index is 1280. The van der Waals surface area contributed by atoms with Gasteiger partial charge in [0.2, 0.25) is 0 Å². The summed E-state index contributed by atoms with van der Waals surface area (Å²) in [6.07, 6.45) is 2.70. The molecule has 1 N–H and O–H groups in total. The molecule has 3 unspecified atom stereocenters. The molecule has 1 amide bonds. The van der Waals surface area contributed by atoms with E-state index < -0.39 is 23.0 Å². The van der Waals surface area contributed by atoms with Crippen molar-refractivity contribution in [2.24, 2.45) is 11.8 Å². The number of carbonyl (C=O) groups is 2. The van der Waals surface area contributed by atoms with Gasteiger partial charge in [0.15, 0.2) is 0 Å². The Morgan fingerprint density at radius 2 is 1.88 bits per heavy atom. The molecule has 4 rings (SSSR count). The molecule has 0 radical (unpaired) electrons. The first kappa shape index (κ1) is 32.1. The average molecular weight is 597 g/mol. The third kappa shape index (κ3) is 8.17. The standard InChI is InChI=1S/C32H41FN4O6/c1-4-14-36(32(40)43-21-23-8-10-28(11-9-23)37(41)42)27-12-15-34(16-13-27)18-25-19-35(30(22(2)3)31(38)39)20-29(25)24-6-5-7-26(33)17-24/h4-11,17,22,25,27,29-30H,1,12-16,18-21H2,2-3H3,(H,38,39). The van der Waals surface area contributed by atoms with E-state index in [4.69, 9.17) is 4.74 Å². The number of carbonyl (C=O) groups excluding carboxylic acids is 1. The fourth-order valence-electron chi connectivity index (χ4n) is 6.49. The lowest BCUT2D eigenvalue weighted by Crippen LogP contribution is -2.49. The van der Waals surface area contributed by atoms with Gasteiger partial charge in [0.05, 0.1) is 4.92 Å². The van der Waals surface area contributed by atoms with Gasteiger partial charge in [-0.2, -0.15) is 0 Å². The third-order valence-electron chi connectivity index (χ3n) is 8.58. The molecule has 2 fully saturated rings. The summed E-state index contributed by atoms with van der Waals surface area (Å²) in [6.45, 7) is 11.4. The molecule has 0 aliphatic carbocycles. The van der Waals surface area contributed by atoms with Crippen LogP contribution in [-0.4, -0.2) is 88.1 Å². The quantitative estimate of drug-likeness (QED) is 0.203. The topological polar surface area (TPSA) is 116 Å². The molecule has 11 heteroatoms. The number of nitro groups is 1. The van der Waals surface area contributed by atoms with E-state index in [0.29, 0.717) is 25.2 Å². The summed E-state index contributed by atoms with van der Waals surface area (Å²) in [7, 11) is 0. The van der Waals surface area contributed by atoms with Crippen LogP contribution in [0.2, 0.25) is 0 Å². The summed E-state index contributed by atoms with van der Waals surface area (Å²) in [5.41, 5.74) is 1.53. The summed E-state index contributed by atoms with van der Waals surface area (Å²) in [5, 5.41) is 20.8. The molecule has 2 saturated heterocycles. The normalized spacial score (nSPS) is 20.6. The summed E-state index contributed by atoms with van der Waals surface area (Å²) in [4.78, 5) is 41.6. The highest BCUT2D eigenvalue weighted by atomic mass is 19.1. The maximum Gasteiger partial charge on any atom is 0.410 e. The molecular weight excluding hydrogens is 555 g/mol. The van der Waals surface area contributed by atoms with Gasteiger partial charge in [-0.25, -0.2) is 9.18 Å². The van der Waals surface area contributed by atoms with Crippen molar-refractivity contribution in [1.82, 2.24) is 14.7 Å². The Morgan fingerprint density at radius 3 is 2.47 bits per heavy atom. The average Bonchev–Trinajstić information content (AvgIpc) is 3.37. The van der Waals surface area contributed by atoms with Crippen LogP contribution in [0.4, 0.5) is 14.9 Å². The van der Waals surface area contributed by atoms with Crippen LogP contribution in [0.3, 0.4) is 0 Å². The van der Waals surface area contributed by atoms with Crippen LogP contribution in [0.15, 0.2) is 61.2 Å². The molecule has 2 aliphatic rings. The first-order valence-corrected chi connectivity index (χ1v) is 14.8. The van der Waals surface area contributed by atoms with Crippen LogP contribution in [0.1, 0.15) is 43.7 Å². The van der Waals surface area contributed by atoms with Gasteiger partial charge >= 0.3 is 12.1 Å². The molecule has 43 heavy (non-hydrogen) atoms. The van der Waals surface area contributed by atoms with Gasteiger partial charge < -0.3 is 19.6 Å². The van der Waals surface area contributed by atoms with Crippen LogP contribution < -0.4 is 0 Å². The second-order valence-electron chi connectivity index (χ2n) is 11.9. The maximum atomic E-state index is 14.2. The van der Waals surface area contributed by atoms with Crippen molar-refractivity contribution in [2.45, 2.75) is 51.3 Å². The van der Waals surface area contributed by atoms with Gasteiger partial charge in [0.1, 0.15) is 18.5 Å². The van der Waals surface area contributed by atoms with Crippen molar-refractivity contribution >= 4 is 17.7 Å². The highest BCUT2D eigenvalue weighted by Gasteiger charge is 2.41. The Balaban J connectivity index is 1.37. The molecule has 3 atom stereocenters. The maximum absolute atomic E-state index is 14.2. The van der Waals surface area contributed by atoms with Crippen LogP contribution in [0.25, 0.3) is 0 Å². The number of amides is 1. The van der Waals surface area contributed by atoms with Crippen LogP contribution in [-0.2, 0) is 16.1 Å². The van der Waals surface area contributed by atoms with E-state index >= 15 is 0 Å². The smallest absolute Gasteiger partial charge is 0.410 e. The van der Waals surface area contributed by atoms with E-state index in [2.05, 4.69) is 11.5 Å². The lowest BCUT2D eigenvalue weighted by molar-refractivity contribution is -0.384. The molecule has 2 aliphatic heterocycles. The number of aliphatic carboxylic acids is 1. The highest BCUT2D eigenvalue weighted by Crippen LogP contribution is 2.36. The SMILES string of the molecule is C=CCN(C(=O)OCc1ccc([N+](=O)[O-])cc1)C1CCN(CC2CN(C(C(=O)O)C(C)C)CC2c2cccc(F)c2)CC1. The van der Waals surface area contributed by atoms with Crippen molar-refractivity contribution in [3.05, 3.63) is 88.2 Å². The number of nitro benzene ring substituents is 1. The Morgan fingerprint density at radius 1 is 1.19 bits per heavy atom.